The minimum Gasteiger partial charge on any atom is -0.487 e. The van der Waals surface area contributed by atoms with Gasteiger partial charge in [0.05, 0.1) is 6.04 Å². The first-order chi connectivity index (χ1) is 11.3. The number of halogens is 2. The van der Waals surface area contributed by atoms with Crippen molar-refractivity contribution < 1.29 is 4.74 Å². The Bertz CT molecular complexity index is 764. The van der Waals surface area contributed by atoms with Crippen molar-refractivity contribution in [3.63, 3.8) is 0 Å². The van der Waals surface area contributed by atoms with E-state index in [1.54, 1.807) is 0 Å². The van der Waals surface area contributed by atoms with Gasteiger partial charge in [0.2, 0.25) is 0 Å². The summed E-state index contributed by atoms with van der Waals surface area (Å²) in [5.74, 6) is 0.890. The van der Waals surface area contributed by atoms with E-state index in [1.165, 1.54) is 0 Å². The highest BCUT2D eigenvalue weighted by molar-refractivity contribution is 9.10. The Kier molecular flexibility index (Phi) is 5.04. The molecule has 0 spiro atoms. The van der Waals surface area contributed by atoms with Crippen molar-refractivity contribution in [2.45, 2.75) is 31.9 Å². The fourth-order valence-electron chi connectivity index (χ4n) is 2.81. The van der Waals surface area contributed by atoms with Crippen molar-refractivity contribution in [1.82, 2.24) is 5.32 Å². The lowest BCUT2D eigenvalue weighted by atomic mass is 9.90. The number of benzene rings is 2. The van der Waals surface area contributed by atoms with Crippen LogP contribution in [0.5, 0.6) is 5.75 Å². The van der Waals surface area contributed by atoms with Crippen LogP contribution in [0.2, 0.25) is 5.02 Å². The molecule has 0 fully saturated rings. The topological polar surface area (TPSA) is 33.3 Å². The first-order valence-corrected chi connectivity index (χ1v) is 9.22. The molecule has 0 saturated heterocycles. The van der Waals surface area contributed by atoms with E-state index in [4.69, 9.17) is 28.6 Å². The molecule has 3 rings (SSSR count). The molecule has 6 heteroatoms. The fraction of sp³-hybridized carbons (Fsp3) is 0.278. The number of thiocarbonyl (C=S) groups is 1. The number of rotatable bonds is 2. The molecule has 24 heavy (non-hydrogen) atoms. The lowest BCUT2D eigenvalue weighted by molar-refractivity contribution is 0.0696. The Morgan fingerprint density at radius 2 is 1.96 bits per heavy atom. The van der Waals surface area contributed by atoms with Gasteiger partial charge in [0.1, 0.15) is 11.4 Å². The van der Waals surface area contributed by atoms with E-state index in [1.807, 2.05) is 36.4 Å². The summed E-state index contributed by atoms with van der Waals surface area (Å²) in [4.78, 5) is 0. The third-order valence-corrected chi connectivity index (χ3v) is 4.80. The van der Waals surface area contributed by atoms with Gasteiger partial charge in [-0.05, 0) is 68.5 Å². The fourth-order valence-corrected chi connectivity index (χ4v) is 3.58. The first-order valence-electron chi connectivity index (χ1n) is 7.64. The maximum Gasteiger partial charge on any atom is 0.171 e. The summed E-state index contributed by atoms with van der Waals surface area (Å²) in [6.45, 7) is 4.17. The van der Waals surface area contributed by atoms with Crippen LogP contribution in [0.4, 0.5) is 5.69 Å². The molecule has 0 aliphatic carbocycles. The Balaban J connectivity index is 1.77. The number of hydrogen-bond donors (Lipinski definition) is 2. The lowest BCUT2D eigenvalue weighted by Crippen LogP contribution is -2.42. The predicted octanol–water partition coefficient (Wildman–Crippen LogP) is 5.69. The van der Waals surface area contributed by atoms with E-state index < -0.39 is 0 Å². The third kappa shape index (κ3) is 4.21. The maximum atomic E-state index is 6.08. The summed E-state index contributed by atoms with van der Waals surface area (Å²) in [6, 6.07) is 13.6. The van der Waals surface area contributed by atoms with Crippen molar-refractivity contribution in [2.75, 3.05) is 5.32 Å². The van der Waals surface area contributed by atoms with Crippen LogP contribution in [0.25, 0.3) is 0 Å². The Morgan fingerprint density at radius 1 is 1.25 bits per heavy atom. The molecule has 2 N–H and O–H groups in total. The molecule has 1 aliphatic heterocycles. The summed E-state index contributed by atoms with van der Waals surface area (Å²) in [7, 11) is 0. The van der Waals surface area contributed by atoms with Crippen molar-refractivity contribution in [1.29, 1.82) is 0 Å². The molecular formula is C18H18BrClN2OS. The maximum absolute atomic E-state index is 6.08. The quantitative estimate of drug-likeness (QED) is 0.605. The highest BCUT2D eigenvalue weighted by atomic mass is 79.9. The molecule has 126 valence electrons. The minimum atomic E-state index is -0.256. The smallest absolute Gasteiger partial charge is 0.171 e. The molecule has 1 heterocycles. The van der Waals surface area contributed by atoms with Gasteiger partial charge in [-0.15, -0.1) is 0 Å². The summed E-state index contributed by atoms with van der Waals surface area (Å²) in [5, 5.41) is 7.88. The average Bonchev–Trinajstić information content (AvgIpc) is 2.49. The van der Waals surface area contributed by atoms with Crippen molar-refractivity contribution >= 4 is 50.5 Å². The van der Waals surface area contributed by atoms with Gasteiger partial charge in [0.15, 0.2) is 5.11 Å². The second kappa shape index (κ2) is 6.90. The molecule has 0 amide bonds. The van der Waals surface area contributed by atoms with E-state index in [2.05, 4.69) is 46.5 Å². The van der Waals surface area contributed by atoms with Crippen LogP contribution in [0.1, 0.15) is 31.9 Å². The number of nitrogens with one attached hydrogen (secondary N) is 2. The molecule has 0 unspecified atom stereocenters. The van der Waals surface area contributed by atoms with Crippen LogP contribution >= 0.6 is 39.7 Å². The average molecular weight is 426 g/mol. The molecule has 2 aromatic carbocycles. The van der Waals surface area contributed by atoms with Crippen LogP contribution < -0.4 is 15.4 Å². The largest absolute Gasteiger partial charge is 0.487 e. The summed E-state index contributed by atoms with van der Waals surface area (Å²) in [5.41, 5.74) is 1.75. The van der Waals surface area contributed by atoms with Crippen LogP contribution in [-0.4, -0.2) is 10.7 Å². The van der Waals surface area contributed by atoms with Crippen LogP contribution in [0.15, 0.2) is 46.9 Å². The van der Waals surface area contributed by atoms with E-state index >= 15 is 0 Å². The normalized spacial score (nSPS) is 18.2. The molecule has 0 radical (unpaired) electrons. The van der Waals surface area contributed by atoms with Crippen LogP contribution in [0.3, 0.4) is 0 Å². The second-order valence-electron chi connectivity index (χ2n) is 6.41. The van der Waals surface area contributed by atoms with Crippen molar-refractivity contribution in [3.05, 3.63) is 57.5 Å². The predicted molar refractivity (Wildman–Crippen MR) is 107 cm³/mol. The number of hydrogen-bond acceptors (Lipinski definition) is 2. The number of fused-ring (bicyclic) bond motifs is 1. The Morgan fingerprint density at radius 3 is 2.67 bits per heavy atom. The van der Waals surface area contributed by atoms with Crippen molar-refractivity contribution in [2.24, 2.45) is 0 Å². The third-order valence-electron chi connectivity index (χ3n) is 3.84. The molecular weight excluding hydrogens is 408 g/mol. The van der Waals surface area contributed by atoms with Gasteiger partial charge in [-0.2, -0.15) is 0 Å². The van der Waals surface area contributed by atoms with E-state index in [0.717, 1.165) is 27.9 Å². The van der Waals surface area contributed by atoms with E-state index in [0.29, 0.717) is 10.1 Å². The molecule has 1 aliphatic rings. The van der Waals surface area contributed by atoms with Gasteiger partial charge >= 0.3 is 0 Å². The van der Waals surface area contributed by atoms with Crippen LogP contribution in [-0.2, 0) is 0 Å². The monoisotopic (exact) mass is 424 g/mol. The molecule has 1 atom stereocenters. The lowest BCUT2D eigenvalue weighted by Gasteiger charge is -2.38. The second-order valence-corrected chi connectivity index (χ2v) is 8.17. The highest BCUT2D eigenvalue weighted by Gasteiger charge is 2.34. The Hall–Kier alpha value is -1.30. The Labute approximate surface area is 160 Å². The van der Waals surface area contributed by atoms with Gasteiger partial charge < -0.3 is 15.4 Å². The SMILES string of the molecule is CC1(C)C[C@@H](NC(=S)Nc2ccc(Cl)cc2)c2cc(Br)ccc2O1. The molecule has 0 bridgehead atoms. The first kappa shape index (κ1) is 17.5. The summed E-state index contributed by atoms with van der Waals surface area (Å²) < 4.78 is 7.10. The summed E-state index contributed by atoms with van der Waals surface area (Å²) in [6.07, 6.45) is 0.818. The zero-order valence-electron chi connectivity index (χ0n) is 13.4. The highest BCUT2D eigenvalue weighted by Crippen LogP contribution is 2.40. The van der Waals surface area contributed by atoms with Gasteiger partial charge in [-0.1, -0.05) is 27.5 Å². The molecule has 3 nitrogen and oxygen atoms in total. The van der Waals surface area contributed by atoms with E-state index in [-0.39, 0.29) is 11.6 Å². The molecule has 0 aromatic heterocycles. The molecule has 0 saturated carbocycles. The number of ether oxygens (including phenoxy) is 1. The zero-order chi connectivity index (χ0) is 17.3. The van der Waals surface area contributed by atoms with Gasteiger partial charge in [0.25, 0.3) is 0 Å². The van der Waals surface area contributed by atoms with Gasteiger partial charge in [-0.25, -0.2) is 0 Å². The van der Waals surface area contributed by atoms with Crippen molar-refractivity contribution in [3.8, 4) is 5.75 Å². The molecule has 2 aromatic rings. The van der Waals surface area contributed by atoms with E-state index in [9.17, 15) is 0 Å². The zero-order valence-corrected chi connectivity index (χ0v) is 16.6. The number of anilines is 1. The van der Waals surface area contributed by atoms with Crippen LogP contribution in [0, 0.1) is 0 Å². The standard InChI is InChI=1S/C18H18BrClN2OS/c1-18(2)10-15(14-9-11(19)3-8-16(14)23-18)22-17(24)21-13-6-4-12(20)5-7-13/h3-9,15H,10H2,1-2H3,(H2,21,22,24)/t15-/m1/s1. The van der Waals surface area contributed by atoms with Gasteiger partial charge in [-0.3, -0.25) is 0 Å². The minimum absolute atomic E-state index is 0.0774. The summed E-state index contributed by atoms with van der Waals surface area (Å²) >= 11 is 14.9. The van der Waals surface area contributed by atoms with Gasteiger partial charge in [0, 0.05) is 27.2 Å².